The minimum atomic E-state index is -0.303. The number of nitrogens with zero attached hydrogens (tertiary/aromatic N) is 3. The molecule has 2 aromatic carbocycles. The van der Waals surface area contributed by atoms with E-state index < -0.39 is 0 Å². The number of aromatic nitrogens is 2. The van der Waals surface area contributed by atoms with E-state index in [0.717, 1.165) is 6.42 Å². The molecule has 0 aliphatic carbocycles. The maximum absolute atomic E-state index is 13.0. The third-order valence-corrected chi connectivity index (χ3v) is 5.78. The van der Waals surface area contributed by atoms with Gasteiger partial charge in [-0.05, 0) is 37.6 Å². The number of benzene rings is 2. The number of carbonyl (C=O) groups is 2. The Kier molecular flexibility index (Phi) is 6.53. The predicted molar refractivity (Wildman–Crippen MR) is 124 cm³/mol. The number of carbonyl (C=O) groups excluding carboxylic acids is 2. The SMILES string of the molecule is COc1ccccc1NC(=O)c1cnc([C@@H]2CCN(C(=O)c3ccccc3OC)C2)nc1C. The summed E-state index contributed by atoms with van der Waals surface area (Å²) in [6.45, 7) is 2.91. The Morgan fingerprint density at radius 1 is 1.00 bits per heavy atom. The van der Waals surface area contributed by atoms with Crippen molar-refractivity contribution in [1.29, 1.82) is 0 Å². The van der Waals surface area contributed by atoms with E-state index in [2.05, 4.69) is 15.3 Å². The Balaban J connectivity index is 1.46. The molecule has 1 atom stereocenters. The van der Waals surface area contributed by atoms with Gasteiger partial charge in [0.15, 0.2) is 0 Å². The summed E-state index contributed by atoms with van der Waals surface area (Å²) in [6, 6.07) is 14.4. The molecule has 0 radical (unpaired) electrons. The van der Waals surface area contributed by atoms with Crippen molar-refractivity contribution in [2.75, 3.05) is 32.6 Å². The minimum Gasteiger partial charge on any atom is -0.496 e. The van der Waals surface area contributed by atoms with Crippen molar-refractivity contribution in [2.24, 2.45) is 0 Å². The molecular weight excluding hydrogens is 420 g/mol. The van der Waals surface area contributed by atoms with Crippen molar-refractivity contribution in [2.45, 2.75) is 19.3 Å². The summed E-state index contributed by atoms with van der Waals surface area (Å²) in [7, 11) is 3.11. The van der Waals surface area contributed by atoms with E-state index >= 15 is 0 Å². The zero-order valence-corrected chi connectivity index (χ0v) is 18.9. The third-order valence-electron chi connectivity index (χ3n) is 5.78. The minimum absolute atomic E-state index is 0.00804. The van der Waals surface area contributed by atoms with Gasteiger partial charge < -0.3 is 19.7 Å². The van der Waals surface area contributed by atoms with Crippen LogP contribution in [0, 0.1) is 6.92 Å². The van der Waals surface area contributed by atoms with Crippen LogP contribution in [0.5, 0.6) is 11.5 Å². The van der Waals surface area contributed by atoms with Crippen LogP contribution < -0.4 is 14.8 Å². The molecule has 1 aromatic heterocycles. The average Bonchev–Trinajstić information content (AvgIpc) is 3.34. The van der Waals surface area contributed by atoms with Crippen LogP contribution in [0.15, 0.2) is 54.7 Å². The zero-order valence-electron chi connectivity index (χ0n) is 18.9. The fourth-order valence-electron chi connectivity index (χ4n) is 3.99. The molecule has 0 saturated carbocycles. The quantitative estimate of drug-likeness (QED) is 0.621. The molecule has 4 rings (SSSR count). The number of likely N-dealkylation sites (tertiary alicyclic amines) is 1. The van der Waals surface area contributed by atoms with Gasteiger partial charge in [-0.1, -0.05) is 24.3 Å². The first-order valence-electron chi connectivity index (χ1n) is 10.7. The van der Waals surface area contributed by atoms with E-state index in [0.29, 0.717) is 52.9 Å². The average molecular weight is 447 g/mol. The van der Waals surface area contributed by atoms with Gasteiger partial charge in [-0.2, -0.15) is 0 Å². The molecule has 1 fully saturated rings. The predicted octanol–water partition coefficient (Wildman–Crippen LogP) is 3.68. The molecule has 2 amide bonds. The molecule has 8 heteroatoms. The number of para-hydroxylation sites is 3. The second-order valence-corrected chi connectivity index (χ2v) is 7.82. The summed E-state index contributed by atoms with van der Waals surface area (Å²) in [6.07, 6.45) is 2.31. The van der Waals surface area contributed by atoms with E-state index in [9.17, 15) is 9.59 Å². The van der Waals surface area contributed by atoms with Gasteiger partial charge in [0.2, 0.25) is 0 Å². The van der Waals surface area contributed by atoms with Gasteiger partial charge >= 0.3 is 0 Å². The monoisotopic (exact) mass is 446 g/mol. The summed E-state index contributed by atoms with van der Waals surface area (Å²) >= 11 is 0. The maximum atomic E-state index is 13.0. The number of rotatable bonds is 6. The maximum Gasteiger partial charge on any atom is 0.259 e. The largest absolute Gasteiger partial charge is 0.496 e. The summed E-state index contributed by atoms with van der Waals surface area (Å²) < 4.78 is 10.6. The normalized spacial score (nSPS) is 15.2. The van der Waals surface area contributed by atoms with Crippen LogP contribution in [-0.4, -0.2) is 54.0 Å². The lowest BCUT2D eigenvalue weighted by atomic mass is 10.1. The lowest BCUT2D eigenvalue weighted by Gasteiger charge is -2.18. The van der Waals surface area contributed by atoms with Crippen molar-refractivity contribution in [3.63, 3.8) is 0 Å². The van der Waals surface area contributed by atoms with Gasteiger partial charge in [0.05, 0.1) is 36.7 Å². The van der Waals surface area contributed by atoms with Crippen LogP contribution >= 0.6 is 0 Å². The smallest absolute Gasteiger partial charge is 0.259 e. The van der Waals surface area contributed by atoms with Crippen LogP contribution in [0.25, 0.3) is 0 Å². The van der Waals surface area contributed by atoms with Crippen LogP contribution in [-0.2, 0) is 0 Å². The molecule has 2 heterocycles. The number of hydrogen-bond donors (Lipinski definition) is 1. The number of hydrogen-bond acceptors (Lipinski definition) is 6. The van der Waals surface area contributed by atoms with Gasteiger partial charge in [-0.25, -0.2) is 9.97 Å². The molecule has 1 aliphatic heterocycles. The summed E-state index contributed by atoms with van der Waals surface area (Å²) in [5.41, 5.74) is 2.10. The Labute approximate surface area is 192 Å². The summed E-state index contributed by atoms with van der Waals surface area (Å²) in [5.74, 6) is 1.41. The Hall–Kier alpha value is -3.94. The number of amides is 2. The van der Waals surface area contributed by atoms with E-state index in [1.165, 1.54) is 0 Å². The van der Waals surface area contributed by atoms with Gasteiger partial charge in [0.1, 0.15) is 17.3 Å². The Bertz CT molecular complexity index is 1180. The molecule has 1 saturated heterocycles. The van der Waals surface area contributed by atoms with Crippen LogP contribution in [0.4, 0.5) is 5.69 Å². The first-order valence-corrected chi connectivity index (χ1v) is 10.7. The molecule has 3 aromatic rings. The van der Waals surface area contributed by atoms with Crippen LogP contribution in [0.2, 0.25) is 0 Å². The van der Waals surface area contributed by atoms with E-state index in [4.69, 9.17) is 9.47 Å². The fourth-order valence-corrected chi connectivity index (χ4v) is 3.99. The van der Waals surface area contributed by atoms with Crippen molar-refractivity contribution >= 4 is 17.5 Å². The van der Waals surface area contributed by atoms with Crippen molar-refractivity contribution in [3.05, 3.63) is 77.4 Å². The number of anilines is 1. The van der Waals surface area contributed by atoms with Gasteiger partial charge in [-0.15, -0.1) is 0 Å². The van der Waals surface area contributed by atoms with Crippen LogP contribution in [0.3, 0.4) is 0 Å². The molecule has 1 aliphatic rings. The van der Waals surface area contributed by atoms with Crippen LogP contribution in [0.1, 0.15) is 44.6 Å². The third kappa shape index (κ3) is 4.64. The topological polar surface area (TPSA) is 93.7 Å². The standard InChI is InChI=1S/C25H26N4O4/c1-16-19(24(30)28-20-9-5-7-11-22(20)33-3)14-26-23(27-16)17-12-13-29(15-17)25(31)18-8-4-6-10-21(18)32-2/h4-11,14,17H,12-13,15H2,1-3H3,(H,28,30)/t17-/m1/s1. The van der Waals surface area contributed by atoms with Crippen molar-refractivity contribution in [3.8, 4) is 11.5 Å². The first kappa shape index (κ1) is 22.3. The highest BCUT2D eigenvalue weighted by molar-refractivity contribution is 6.05. The van der Waals surface area contributed by atoms with E-state index in [1.54, 1.807) is 56.5 Å². The van der Waals surface area contributed by atoms with Gasteiger partial charge in [0, 0.05) is 25.2 Å². The molecule has 8 nitrogen and oxygen atoms in total. The molecule has 33 heavy (non-hydrogen) atoms. The highest BCUT2D eigenvalue weighted by atomic mass is 16.5. The molecule has 0 spiro atoms. The van der Waals surface area contributed by atoms with Crippen molar-refractivity contribution in [1.82, 2.24) is 14.9 Å². The zero-order chi connectivity index (χ0) is 23.4. The number of aryl methyl sites for hydroxylation is 1. The fraction of sp³-hybridized carbons (Fsp3) is 0.280. The number of methoxy groups -OCH3 is 2. The lowest BCUT2D eigenvalue weighted by molar-refractivity contribution is 0.0787. The highest BCUT2D eigenvalue weighted by Gasteiger charge is 2.31. The van der Waals surface area contributed by atoms with Gasteiger partial charge in [-0.3, -0.25) is 9.59 Å². The first-order chi connectivity index (χ1) is 16.0. The highest BCUT2D eigenvalue weighted by Crippen LogP contribution is 2.29. The Morgan fingerprint density at radius 3 is 2.42 bits per heavy atom. The summed E-state index contributed by atoms with van der Waals surface area (Å²) in [5, 5.41) is 2.85. The molecule has 1 N–H and O–H groups in total. The van der Waals surface area contributed by atoms with Crippen molar-refractivity contribution < 1.29 is 19.1 Å². The molecule has 0 bridgehead atoms. The van der Waals surface area contributed by atoms with E-state index in [-0.39, 0.29) is 17.7 Å². The summed E-state index contributed by atoms with van der Waals surface area (Å²) in [4.78, 5) is 36.6. The molecule has 170 valence electrons. The Morgan fingerprint density at radius 2 is 1.70 bits per heavy atom. The second kappa shape index (κ2) is 9.68. The lowest BCUT2D eigenvalue weighted by Crippen LogP contribution is -2.29. The number of nitrogens with one attached hydrogen (secondary N) is 1. The second-order valence-electron chi connectivity index (χ2n) is 7.82. The van der Waals surface area contributed by atoms with Gasteiger partial charge in [0.25, 0.3) is 11.8 Å². The molecular formula is C25H26N4O4. The van der Waals surface area contributed by atoms with E-state index in [1.807, 2.05) is 24.3 Å². The number of ether oxygens (including phenoxy) is 2. The molecule has 0 unspecified atom stereocenters.